The summed E-state index contributed by atoms with van der Waals surface area (Å²) in [4.78, 5) is 9.44. The number of hydrogen-bond donors (Lipinski definition) is 3. The minimum atomic E-state index is 0.393. The molecule has 0 aliphatic heterocycles. The van der Waals surface area contributed by atoms with Crippen LogP contribution in [-0.4, -0.2) is 29.6 Å². The van der Waals surface area contributed by atoms with E-state index in [1.165, 1.54) is 0 Å². The Bertz CT molecular complexity index is 1630. The first-order valence-electron chi connectivity index (χ1n) is 13.2. The Morgan fingerprint density at radius 2 is 1.15 bits per heavy atom. The van der Waals surface area contributed by atoms with Crippen LogP contribution in [0.5, 0.6) is 0 Å². The quantitative estimate of drug-likeness (QED) is 0.142. The van der Waals surface area contributed by atoms with Crippen molar-refractivity contribution in [3.05, 3.63) is 155 Å². The third kappa shape index (κ3) is 8.43. The van der Waals surface area contributed by atoms with Gasteiger partial charge in [0.15, 0.2) is 5.84 Å². The summed E-state index contributed by atoms with van der Waals surface area (Å²) >= 11 is 0. The van der Waals surface area contributed by atoms with Crippen molar-refractivity contribution >= 4 is 35.2 Å². The molecule has 0 saturated heterocycles. The van der Waals surface area contributed by atoms with Gasteiger partial charge in [0.2, 0.25) is 0 Å². The van der Waals surface area contributed by atoms with Crippen molar-refractivity contribution in [3.8, 4) is 0 Å². The molecular weight excluding hydrogens is 490 g/mol. The van der Waals surface area contributed by atoms with Gasteiger partial charge >= 0.3 is 0 Å². The molecule has 0 heterocycles. The van der Waals surface area contributed by atoms with Crippen LogP contribution in [0, 0.1) is 10.8 Å². The van der Waals surface area contributed by atoms with E-state index in [1.54, 1.807) is 12.2 Å². The molecule has 4 rings (SSSR count). The molecule has 0 aromatic heterocycles. The smallest absolute Gasteiger partial charge is 0.157 e. The molecule has 0 atom stereocenters. The average Bonchev–Trinajstić information content (AvgIpc) is 3.02. The van der Waals surface area contributed by atoms with Gasteiger partial charge in [-0.3, -0.25) is 4.99 Å². The summed E-state index contributed by atoms with van der Waals surface area (Å²) in [6.45, 7) is 0.560. The van der Waals surface area contributed by atoms with Gasteiger partial charge in [-0.1, -0.05) is 127 Å². The van der Waals surface area contributed by atoms with Crippen LogP contribution in [-0.2, 0) is 0 Å². The Morgan fingerprint density at radius 1 is 0.625 bits per heavy atom. The fourth-order valence-corrected chi connectivity index (χ4v) is 4.02. The molecule has 0 radical (unpaired) electrons. The van der Waals surface area contributed by atoms with Crippen LogP contribution in [0.4, 0.5) is 0 Å². The van der Waals surface area contributed by atoms with E-state index in [0.717, 1.165) is 33.5 Å². The number of nitrogens with two attached hydrogens (primary N) is 1. The number of nitrogens with one attached hydrogen (secondary N) is 2. The van der Waals surface area contributed by atoms with Crippen molar-refractivity contribution < 1.29 is 0 Å². The number of amidine groups is 2. The summed E-state index contributed by atoms with van der Waals surface area (Å²) in [5.74, 6) is 1.04. The maximum Gasteiger partial charge on any atom is 0.157 e. The van der Waals surface area contributed by atoms with E-state index < -0.39 is 0 Å². The first kappa shape index (κ1) is 27.9. The third-order valence-corrected chi connectivity index (χ3v) is 6.16. The van der Waals surface area contributed by atoms with Gasteiger partial charge in [-0.05, 0) is 34.6 Å². The lowest BCUT2D eigenvalue weighted by Crippen LogP contribution is -2.24. The highest BCUT2D eigenvalue weighted by atomic mass is 15.0. The molecule has 40 heavy (non-hydrogen) atoms. The lowest BCUT2D eigenvalue weighted by molar-refractivity contribution is 1.03. The molecule has 0 aliphatic rings. The summed E-state index contributed by atoms with van der Waals surface area (Å²) in [5.41, 5.74) is 9.75. The molecule has 0 spiro atoms. The van der Waals surface area contributed by atoms with Crippen molar-refractivity contribution in [3.63, 3.8) is 0 Å². The first-order valence-corrected chi connectivity index (χ1v) is 13.2. The van der Waals surface area contributed by atoms with Gasteiger partial charge in [0, 0.05) is 29.8 Å². The molecule has 0 amide bonds. The molecule has 5 heteroatoms. The first-order chi connectivity index (χ1) is 19.6. The number of allylic oxidation sites excluding steroid dienone is 2. The summed E-state index contributed by atoms with van der Waals surface area (Å²) in [6.07, 6.45) is 8.79. The number of rotatable bonds is 10. The fraction of sp³-hybridized carbons (Fsp3) is 0.0857. The predicted octanol–water partition coefficient (Wildman–Crippen LogP) is 5.52. The summed E-state index contributed by atoms with van der Waals surface area (Å²) < 4.78 is 0. The van der Waals surface area contributed by atoms with Crippen LogP contribution in [0.15, 0.2) is 137 Å². The molecule has 198 valence electrons. The molecule has 0 unspecified atom stereocenters. The number of benzene rings is 4. The van der Waals surface area contributed by atoms with E-state index in [4.69, 9.17) is 21.5 Å². The van der Waals surface area contributed by atoms with Gasteiger partial charge in [-0.25, -0.2) is 4.99 Å². The zero-order chi connectivity index (χ0) is 28.0. The highest BCUT2D eigenvalue weighted by molar-refractivity contribution is 6.11. The van der Waals surface area contributed by atoms with Crippen LogP contribution >= 0.6 is 0 Å². The predicted molar refractivity (Wildman–Crippen MR) is 169 cm³/mol. The second-order valence-corrected chi connectivity index (χ2v) is 9.10. The molecule has 0 saturated carbocycles. The molecule has 5 nitrogen and oxygen atoms in total. The molecular formula is C35H33N5. The van der Waals surface area contributed by atoms with E-state index in [-0.39, 0.29) is 0 Å². The largest absolute Gasteiger partial charge is 0.383 e. The van der Waals surface area contributed by atoms with Crippen LogP contribution in [0.1, 0.15) is 29.5 Å². The zero-order valence-corrected chi connectivity index (χ0v) is 22.4. The highest BCUT2D eigenvalue weighted by Crippen LogP contribution is 2.06. The molecule has 4 N–H and O–H groups in total. The Labute approximate surface area is 235 Å². The topological polar surface area (TPSA) is 98.4 Å². The molecule has 4 aromatic rings. The van der Waals surface area contributed by atoms with E-state index in [9.17, 15) is 0 Å². The molecule has 0 aliphatic carbocycles. The van der Waals surface area contributed by atoms with E-state index in [2.05, 4.69) is 23.2 Å². The summed E-state index contributed by atoms with van der Waals surface area (Å²) in [6, 6.07) is 37.2. The zero-order valence-electron chi connectivity index (χ0n) is 22.4. The van der Waals surface area contributed by atoms with Crippen molar-refractivity contribution in [1.29, 1.82) is 10.8 Å². The van der Waals surface area contributed by atoms with Gasteiger partial charge in [-0.15, -0.1) is 0 Å². The van der Waals surface area contributed by atoms with Crippen molar-refractivity contribution in [1.82, 2.24) is 0 Å². The second kappa shape index (κ2) is 14.7. The number of aliphatic imine (C=N–C) groups is 2. The average molecular weight is 524 g/mol. The van der Waals surface area contributed by atoms with Crippen molar-refractivity contribution in [2.75, 3.05) is 6.54 Å². The van der Waals surface area contributed by atoms with Gasteiger partial charge in [-0.2, -0.15) is 0 Å². The maximum atomic E-state index is 8.31. The van der Waals surface area contributed by atoms with Gasteiger partial charge in [0.25, 0.3) is 0 Å². The van der Waals surface area contributed by atoms with E-state index in [1.807, 2.05) is 109 Å². The third-order valence-electron chi connectivity index (χ3n) is 6.16. The number of hydrogen-bond acceptors (Lipinski definition) is 3. The maximum absolute atomic E-state index is 8.31. The lowest BCUT2D eigenvalue weighted by atomic mass is 10.1. The molecule has 0 bridgehead atoms. The fourth-order valence-electron chi connectivity index (χ4n) is 4.02. The normalized spacial score (nSPS) is 13.1. The Hall–Kier alpha value is -5.16. The highest BCUT2D eigenvalue weighted by Gasteiger charge is 2.04. The minimum absolute atomic E-state index is 0.393. The van der Waals surface area contributed by atoms with Crippen molar-refractivity contribution in [2.45, 2.75) is 12.8 Å². The van der Waals surface area contributed by atoms with E-state index in [0.29, 0.717) is 36.1 Å². The molecule has 4 aromatic carbocycles. The summed E-state index contributed by atoms with van der Waals surface area (Å²) in [7, 11) is 0. The Morgan fingerprint density at radius 3 is 1.77 bits per heavy atom. The van der Waals surface area contributed by atoms with Gasteiger partial charge < -0.3 is 16.6 Å². The van der Waals surface area contributed by atoms with E-state index >= 15 is 0 Å². The SMILES string of the molecule is N=C(/C=C\C(=N)c1ccccc1)C/C=c1/cccc/c1=C/CC/N=C(\N=C(/N)c1ccccc1)c1ccccc1. The summed E-state index contributed by atoms with van der Waals surface area (Å²) in [5, 5.41) is 18.7. The van der Waals surface area contributed by atoms with Crippen LogP contribution in [0.25, 0.3) is 12.2 Å². The second-order valence-electron chi connectivity index (χ2n) is 9.10. The van der Waals surface area contributed by atoms with Gasteiger partial charge in [0.05, 0.1) is 5.71 Å². The van der Waals surface area contributed by atoms with Crippen LogP contribution in [0.3, 0.4) is 0 Å². The monoisotopic (exact) mass is 523 g/mol. The minimum Gasteiger partial charge on any atom is -0.383 e. The lowest BCUT2D eigenvalue weighted by Gasteiger charge is -2.05. The van der Waals surface area contributed by atoms with Gasteiger partial charge in [0.1, 0.15) is 5.84 Å². The Balaban J connectivity index is 1.46. The molecule has 0 fully saturated rings. The number of nitrogens with zero attached hydrogens (tertiary/aromatic N) is 2. The van der Waals surface area contributed by atoms with Crippen LogP contribution < -0.4 is 16.2 Å². The Kier molecular flexibility index (Phi) is 10.2. The standard InChI is InChI=1S/C35H33N5/c36-32(24-25-33(37)29-15-4-1-5-16-29)23-22-28-14-11-10-13-27(28)21-12-26-39-35(31-19-8-3-9-20-31)40-34(38)30-17-6-2-7-18-30/h1-11,13-22,24-25,36-37H,12,23,26H2,(H2,38,39,40)/b25-24-,27-21-,28-22-,36-32?,37-33?. The van der Waals surface area contributed by atoms with Crippen LogP contribution in [0.2, 0.25) is 0 Å². The van der Waals surface area contributed by atoms with Crippen molar-refractivity contribution in [2.24, 2.45) is 15.7 Å².